The lowest BCUT2D eigenvalue weighted by molar-refractivity contribution is 0.395. The molecule has 2 aromatic carbocycles. The molecule has 0 radical (unpaired) electrons. The third kappa shape index (κ3) is 4.66. The summed E-state index contributed by atoms with van der Waals surface area (Å²) in [5, 5.41) is 6.79. The summed E-state index contributed by atoms with van der Waals surface area (Å²) in [6, 6.07) is 12.1. The Morgan fingerprint density at radius 2 is 1.93 bits per heavy atom. The molecule has 0 N–H and O–H groups in total. The fourth-order valence-electron chi connectivity index (χ4n) is 2.95. The highest BCUT2D eigenvalue weighted by Gasteiger charge is 2.13. The van der Waals surface area contributed by atoms with Crippen LogP contribution in [0, 0.1) is 13.8 Å². The standard InChI is InChI=1S/C23H25N3O2S/c1-6-11-24-23-26(25-14-18-8-7-16(2)12-17(18)3)21(15-29-23)20-10-9-19(27-4)13-22(20)28-5/h6-10,12-15H,1,11H2,2-5H3. The summed E-state index contributed by atoms with van der Waals surface area (Å²) in [7, 11) is 3.29. The van der Waals surface area contributed by atoms with E-state index in [2.05, 4.69) is 43.6 Å². The number of methoxy groups -OCH3 is 2. The maximum Gasteiger partial charge on any atom is 0.206 e. The number of hydrogen-bond donors (Lipinski definition) is 0. The molecule has 0 fully saturated rings. The molecular weight excluding hydrogens is 382 g/mol. The van der Waals surface area contributed by atoms with E-state index in [1.807, 2.05) is 34.5 Å². The Morgan fingerprint density at radius 3 is 2.62 bits per heavy atom. The second-order valence-electron chi connectivity index (χ2n) is 6.52. The van der Waals surface area contributed by atoms with Crippen LogP contribution in [0.25, 0.3) is 11.3 Å². The van der Waals surface area contributed by atoms with Crippen LogP contribution in [0.3, 0.4) is 0 Å². The Balaban J connectivity index is 2.14. The first-order chi connectivity index (χ1) is 14.1. The molecule has 1 aromatic heterocycles. The van der Waals surface area contributed by atoms with Crippen molar-refractivity contribution in [3.05, 3.63) is 75.9 Å². The third-order valence-electron chi connectivity index (χ3n) is 4.46. The molecule has 0 aliphatic heterocycles. The van der Waals surface area contributed by atoms with E-state index in [0.29, 0.717) is 12.3 Å². The van der Waals surface area contributed by atoms with E-state index in [-0.39, 0.29) is 0 Å². The van der Waals surface area contributed by atoms with Crippen LogP contribution in [0.1, 0.15) is 16.7 Å². The summed E-state index contributed by atoms with van der Waals surface area (Å²) >= 11 is 1.53. The highest BCUT2D eigenvalue weighted by molar-refractivity contribution is 7.07. The summed E-state index contributed by atoms with van der Waals surface area (Å²) < 4.78 is 12.8. The molecule has 0 aliphatic carbocycles. The fourth-order valence-corrected chi connectivity index (χ4v) is 3.79. The molecule has 0 saturated heterocycles. The van der Waals surface area contributed by atoms with Gasteiger partial charge in [-0.2, -0.15) is 5.10 Å². The second-order valence-corrected chi connectivity index (χ2v) is 7.35. The summed E-state index contributed by atoms with van der Waals surface area (Å²) in [6.45, 7) is 8.46. The van der Waals surface area contributed by atoms with Gasteiger partial charge >= 0.3 is 0 Å². The minimum Gasteiger partial charge on any atom is -0.497 e. The van der Waals surface area contributed by atoms with Crippen molar-refractivity contribution in [2.45, 2.75) is 13.8 Å². The Kier molecular flexibility index (Phi) is 6.67. The van der Waals surface area contributed by atoms with Gasteiger partial charge in [-0.05, 0) is 37.1 Å². The molecule has 0 bridgehead atoms. The Bertz CT molecular complexity index is 1110. The van der Waals surface area contributed by atoms with Crippen LogP contribution < -0.4 is 14.3 Å². The van der Waals surface area contributed by atoms with E-state index in [4.69, 9.17) is 14.6 Å². The van der Waals surface area contributed by atoms with Crippen molar-refractivity contribution in [1.82, 2.24) is 4.68 Å². The van der Waals surface area contributed by atoms with Gasteiger partial charge in [-0.1, -0.05) is 29.8 Å². The van der Waals surface area contributed by atoms with Gasteiger partial charge in [-0.15, -0.1) is 17.9 Å². The van der Waals surface area contributed by atoms with Crippen molar-refractivity contribution in [1.29, 1.82) is 0 Å². The molecule has 6 heteroatoms. The van der Waals surface area contributed by atoms with Crippen molar-refractivity contribution in [3.63, 3.8) is 0 Å². The average molecular weight is 408 g/mol. The van der Waals surface area contributed by atoms with Crippen LogP contribution in [0.4, 0.5) is 0 Å². The zero-order valence-corrected chi connectivity index (χ0v) is 18.0. The molecule has 0 atom stereocenters. The summed E-state index contributed by atoms with van der Waals surface area (Å²) in [6.07, 6.45) is 3.64. The SMILES string of the molecule is C=CCN=c1scc(-c2ccc(OC)cc2OC)n1N=Cc1ccc(C)cc1C. The number of hydrogen-bond acceptors (Lipinski definition) is 5. The van der Waals surface area contributed by atoms with Crippen LogP contribution >= 0.6 is 11.3 Å². The highest BCUT2D eigenvalue weighted by Crippen LogP contribution is 2.33. The molecule has 0 spiro atoms. The summed E-state index contributed by atoms with van der Waals surface area (Å²) in [5.74, 6) is 1.45. The number of rotatable bonds is 7. The summed E-state index contributed by atoms with van der Waals surface area (Å²) in [4.78, 5) is 5.38. The van der Waals surface area contributed by atoms with Gasteiger partial charge in [0.25, 0.3) is 0 Å². The van der Waals surface area contributed by atoms with Crippen molar-refractivity contribution in [2.24, 2.45) is 10.1 Å². The maximum absolute atomic E-state index is 5.60. The van der Waals surface area contributed by atoms with Crippen LogP contribution in [0.15, 0.2) is 64.5 Å². The van der Waals surface area contributed by atoms with Gasteiger partial charge in [0.15, 0.2) is 0 Å². The Morgan fingerprint density at radius 1 is 1.10 bits per heavy atom. The van der Waals surface area contributed by atoms with Crippen LogP contribution in [0.2, 0.25) is 0 Å². The van der Waals surface area contributed by atoms with E-state index in [1.54, 1.807) is 20.3 Å². The molecule has 5 nitrogen and oxygen atoms in total. The predicted octanol–water partition coefficient (Wildman–Crippen LogP) is 4.82. The molecule has 150 valence electrons. The number of aromatic nitrogens is 1. The Hall–Kier alpha value is -3.12. The highest BCUT2D eigenvalue weighted by atomic mass is 32.1. The largest absolute Gasteiger partial charge is 0.497 e. The zero-order chi connectivity index (χ0) is 20.8. The first-order valence-electron chi connectivity index (χ1n) is 9.23. The summed E-state index contributed by atoms with van der Waals surface area (Å²) in [5.41, 5.74) is 5.29. The van der Waals surface area contributed by atoms with E-state index in [1.165, 1.54) is 22.5 Å². The first kappa shape index (κ1) is 20.6. The molecule has 0 amide bonds. The van der Waals surface area contributed by atoms with Crippen molar-refractivity contribution in [2.75, 3.05) is 20.8 Å². The van der Waals surface area contributed by atoms with Crippen molar-refractivity contribution < 1.29 is 9.47 Å². The zero-order valence-electron chi connectivity index (χ0n) is 17.2. The molecule has 0 saturated carbocycles. The van der Waals surface area contributed by atoms with E-state index >= 15 is 0 Å². The molecule has 29 heavy (non-hydrogen) atoms. The molecular formula is C23H25N3O2S. The van der Waals surface area contributed by atoms with Gasteiger partial charge in [0.05, 0.1) is 32.7 Å². The lowest BCUT2D eigenvalue weighted by Gasteiger charge is -2.11. The quantitative estimate of drug-likeness (QED) is 0.416. The maximum atomic E-state index is 5.60. The van der Waals surface area contributed by atoms with Gasteiger partial charge in [0, 0.05) is 17.0 Å². The predicted molar refractivity (Wildman–Crippen MR) is 120 cm³/mol. The van der Waals surface area contributed by atoms with Crippen molar-refractivity contribution >= 4 is 17.6 Å². The lowest BCUT2D eigenvalue weighted by Crippen LogP contribution is -2.13. The second kappa shape index (κ2) is 9.39. The number of ether oxygens (including phenoxy) is 2. The smallest absolute Gasteiger partial charge is 0.206 e. The topological polar surface area (TPSA) is 48.1 Å². The van der Waals surface area contributed by atoms with Crippen molar-refractivity contribution in [3.8, 4) is 22.8 Å². The number of thiazole rings is 1. The first-order valence-corrected chi connectivity index (χ1v) is 10.1. The fraction of sp³-hybridized carbons (Fsp3) is 0.217. The third-order valence-corrected chi connectivity index (χ3v) is 5.32. The normalized spacial score (nSPS) is 11.8. The Labute approximate surface area is 175 Å². The van der Waals surface area contributed by atoms with E-state index in [9.17, 15) is 0 Å². The molecule has 3 rings (SSSR count). The van der Waals surface area contributed by atoms with Gasteiger partial charge in [0.2, 0.25) is 4.80 Å². The van der Waals surface area contributed by atoms with E-state index < -0.39 is 0 Å². The number of aryl methyl sites for hydroxylation is 2. The van der Waals surface area contributed by atoms with Gasteiger partial charge in [0.1, 0.15) is 11.5 Å². The lowest BCUT2D eigenvalue weighted by atomic mass is 10.1. The monoisotopic (exact) mass is 407 g/mol. The van der Waals surface area contributed by atoms with Crippen LogP contribution in [0.5, 0.6) is 11.5 Å². The molecule has 0 aliphatic rings. The minimum absolute atomic E-state index is 0.527. The van der Waals surface area contributed by atoms with Crippen LogP contribution in [-0.4, -0.2) is 31.7 Å². The minimum atomic E-state index is 0.527. The van der Waals surface area contributed by atoms with Gasteiger partial charge in [-0.3, -0.25) is 4.99 Å². The number of benzene rings is 2. The molecule has 1 heterocycles. The number of nitrogens with zero attached hydrogens (tertiary/aromatic N) is 3. The molecule has 3 aromatic rings. The van der Waals surface area contributed by atoms with Crippen LogP contribution in [-0.2, 0) is 0 Å². The van der Waals surface area contributed by atoms with E-state index in [0.717, 1.165) is 27.4 Å². The average Bonchev–Trinajstić information content (AvgIpc) is 3.13. The van der Waals surface area contributed by atoms with Gasteiger partial charge in [-0.25, -0.2) is 4.68 Å². The van der Waals surface area contributed by atoms with Gasteiger partial charge < -0.3 is 9.47 Å². The molecule has 0 unspecified atom stereocenters.